The Morgan fingerprint density at radius 3 is 1.87 bits per heavy atom. The first-order chi connectivity index (χ1) is 21.8. The smallest absolute Gasteiger partial charge is 0.294 e. The lowest BCUT2D eigenvalue weighted by atomic mass is 10.0. The molecular formula is C31H48N4O7S4. The summed E-state index contributed by atoms with van der Waals surface area (Å²) in [6.45, 7) is 2.58. The number of hydrogen-bond acceptors (Lipinski definition) is 8. The second-order valence-corrected chi connectivity index (χ2v) is 17.8. The molecule has 1 aromatic heterocycles. The third-order valence-electron chi connectivity index (χ3n) is 7.99. The highest BCUT2D eigenvalue weighted by molar-refractivity contribution is 7.90. The van der Waals surface area contributed by atoms with E-state index in [-0.39, 0.29) is 19.5 Å². The van der Waals surface area contributed by atoms with Crippen LogP contribution in [0.2, 0.25) is 0 Å². The van der Waals surface area contributed by atoms with Gasteiger partial charge >= 0.3 is 0 Å². The first-order valence-electron chi connectivity index (χ1n) is 16.0. The minimum absolute atomic E-state index is 0.131. The summed E-state index contributed by atoms with van der Waals surface area (Å²) in [5.41, 5.74) is 0.424. The molecule has 2 aromatic carbocycles. The van der Waals surface area contributed by atoms with Gasteiger partial charge < -0.3 is 4.57 Å². The van der Waals surface area contributed by atoms with Gasteiger partial charge in [0.25, 0.3) is 20.1 Å². The first-order valence-corrected chi connectivity index (χ1v) is 21.1. The molecule has 0 aliphatic heterocycles. The second-order valence-electron chi connectivity index (χ2n) is 11.7. The summed E-state index contributed by atoms with van der Waals surface area (Å²) < 4.78 is 88.2. The average molecular weight is 717 g/mol. The van der Waals surface area contributed by atoms with Gasteiger partial charge in [-0.3, -0.25) is 4.55 Å². The van der Waals surface area contributed by atoms with Crippen LogP contribution in [0.4, 0.5) is 0 Å². The molecule has 3 rings (SSSR count). The predicted octanol–water partition coefficient (Wildman–Crippen LogP) is 6.38. The van der Waals surface area contributed by atoms with Crippen LogP contribution >= 0.6 is 11.3 Å². The fourth-order valence-corrected chi connectivity index (χ4v) is 8.86. The van der Waals surface area contributed by atoms with Crippen molar-refractivity contribution >= 4 is 51.7 Å². The van der Waals surface area contributed by atoms with Crippen LogP contribution in [0.1, 0.15) is 96.8 Å². The number of rotatable bonds is 21. The highest BCUT2D eigenvalue weighted by Crippen LogP contribution is 2.22. The summed E-state index contributed by atoms with van der Waals surface area (Å²) in [5.74, 6) is 0. The Labute approximate surface area is 278 Å². The van der Waals surface area contributed by atoms with Gasteiger partial charge in [-0.15, -0.1) is 5.10 Å². The molecule has 0 radical (unpaired) electrons. The molecular weight excluding hydrogens is 669 g/mol. The molecule has 0 amide bonds. The van der Waals surface area contributed by atoms with Crippen LogP contribution in [0.5, 0.6) is 0 Å². The molecule has 0 aliphatic carbocycles. The van der Waals surface area contributed by atoms with E-state index in [4.69, 9.17) is 0 Å². The van der Waals surface area contributed by atoms with E-state index in [0.717, 1.165) is 43.1 Å². The Kier molecular flexibility index (Phi) is 14.7. The van der Waals surface area contributed by atoms with Crippen molar-refractivity contribution in [3.05, 3.63) is 47.3 Å². The number of aryl methyl sites for hydroxylation is 1. The van der Waals surface area contributed by atoms with Gasteiger partial charge in [-0.1, -0.05) is 108 Å². The quantitative estimate of drug-likeness (QED) is 0.0736. The van der Waals surface area contributed by atoms with Crippen LogP contribution in [-0.4, -0.2) is 52.3 Å². The minimum atomic E-state index is -4.42. The van der Waals surface area contributed by atoms with E-state index in [2.05, 4.69) is 16.9 Å². The van der Waals surface area contributed by atoms with E-state index in [1.165, 1.54) is 117 Å². The van der Waals surface area contributed by atoms with Crippen molar-refractivity contribution in [1.82, 2.24) is 13.7 Å². The van der Waals surface area contributed by atoms with Crippen molar-refractivity contribution < 1.29 is 29.8 Å². The number of nitrogens with one attached hydrogen (secondary N) is 1. The molecule has 0 unspecified atom stereocenters. The van der Waals surface area contributed by atoms with Gasteiger partial charge in [-0.2, -0.15) is 21.7 Å². The van der Waals surface area contributed by atoms with Crippen molar-refractivity contribution in [2.75, 3.05) is 13.6 Å². The monoisotopic (exact) mass is 716 g/mol. The normalized spacial score (nSPS) is 13.2. The SMILES string of the molecule is CCCCCCCCCCCCCCCCN(C)S(=O)(=O)c1cccc(S(=O)(=O)N/N=c2/sc3ccc(S(=O)(=O)O)cc3n2C)c1. The predicted molar refractivity (Wildman–Crippen MR) is 183 cm³/mol. The summed E-state index contributed by atoms with van der Waals surface area (Å²) >= 11 is 1.10. The van der Waals surface area contributed by atoms with Crippen molar-refractivity contribution in [1.29, 1.82) is 0 Å². The summed E-state index contributed by atoms with van der Waals surface area (Å²) in [6, 6.07) is 9.12. The Morgan fingerprint density at radius 2 is 1.30 bits per heavy atom. The van der Waals surface area contributed by atoms with Gasteiger partial charge in [0.15, 0.2) is 0 Å². The standard InChI is InChI=1S/C31H48N4O7S4/c1-4-5-6-7-8-9-10-11-12-13-14-15-16-17-23-34(2)45(38,39)27-20-18-19-26(24-27)44(36,37)33-32-31-35(3)29-25-28(46(40,41)42)21-22-30(29)43-31/h18-22,24-25,33H,4-17,23H2,1-3H3,(H,40,41,42)/b32-31+. The number of thiazole rings is 1. The zero-order chi connectivity index (χ0) is 33.8. The number of sulfonamides is 2. The highest BCUT2D eigenvalue weighted by atomic mass is 32.2. The van der Waals surface area contributed by atoms with Crippen molar-refractivity contribution in [2.24, 2.45) is 12.1 Å². The molecule has 0 spiro atoms. The summed E-state index contributed by atoms with van der Waals surface area (Å²) in [6.07, 6.45) is 17.0. The van der Waals surface area contributed by atoms with E-state index >= 15 is 0 Å². The zero-order valence-corrected chi connectivity index (χ0v) is 30.3. The van der Waals surface area contributed by atoms with E-state index < -0.39 is 30.2 Å². The maximum atomic E-state index is 13.2. The van der Waals surface area contributed by atoms with Gasteiger partial charge in [-0.05, 0) is 42.8 Å². The van der Waals surface area contributed by atoms with Crippen LogP contribution in [0.3, 0.4) is 0 Å². The van der Waals surface area contributed by atoms with Crippen molar-refractivity contribution in [3.8, 4) is 0 Å². The van der Waals surface area contributed by atoms with Crippen molar-refractivity contribution in [2.45, 2.75) is 112 Å². The Balaban J connectivity index is 1.50. The van der Waals surface area contributed by atoms with Gasteiger partial charge in [0.05, 0.1) is 24.9 Å². The number of unbranched alkanes of at least 4 members (excludes halogenated alkanes) is 13. The molecule has 46 heavy (non-hydrogen) atoms. The lowest BCUT2D eigenvalue weighted by molar-refractivity contribution is 0.447. The van der Waals surface area contributed by atoms with Gasteiger partial charge in [0.1, 0.15) is 0 Å². The zero-order valence-electron chi connectivity index (χ0n) is 27.0. The lowest BCUT2D eigenvalue weighted by Gasteiger charge is -2.17. The average Bonchev–Trinajstić information content (AvgIpc) is 3.34. The van der Waals surface area contributed by atoms with E-state index in [1.54, 1.807) is 7.05 Å². The largest absolute Gasteiger partial charge is 0.318 e. The highest BCUT2D eigenvalue weighted by Gasteiger charge is 2.23. The molecule has 11 nitrogen and oxygen atoms in total. The molecule has 15 heteroatoms. The fraction of sp³-hybridized carbons (Fsp3) is 0.581. The minimum Gasteiger partial charge on any atom is -0.318 e. The molecule has 2 N–H and O–H groups in total. The van der Waals surface area contributed by atoms with E-state index in [1.807, 2.05) is 0 Å². The van der Waals surface area contributed by atoms with Crippen LogP contribution < -0.4 is 9.63 Å². The molecule has 0 atom stereocenters. The van der Waals surface area contributed by atoms with Crippen LogP contribution in [-0.2, 0) is 37.2 Å². The Hall–Kier alpha value is -2.30. The van der Waals surface area contributed by atoms with E-state index in [9.17, 15) is 29.8 Å². The Bertz CT molecular complexity index is 1820. The van der Waals surface area contributed by atoms with Gasteiger partial charge in [0.2, 0.25) is 14.8 Å². The number of aromatic nitrogens is 1. The van der Waals surface area contributed by atoms with Gasteiger partial charge in [-0.25, -0.2) is 12.7 Å². The molecule has 1 heterocycles. The number of nitrogens with zero attached hydrogens (tertiary/aromatic N) is 3. The van der Waals surface area contributed by atoms with Crippen molar-refractivity contribution in [3.63, 3.8) is 0 Å². The fourth-order valence-electron chi connectivity index (χ4n) is 5.16. The van der Waals surface area contributed by atoms with Crippen LogP contribution in [0, 0.1) is 0 Å². The van der Waals surface area contributed by atoms with E-state index in [0.29, 0.717) is 16.8 Å². The number of fused-ring (bicyclic) bond motifs is 1. The molecule has 258 valence electrons. The van der Waals surface area contributed by atoms with Gasteiger partial charge in [0, 0.05) is 20.6 Å². The molecule has 3 aromatic rings. The molecule has 0 fully saturated rings. The summed E-state index contributed by atoms with van der Waals surface area (Å²) in [4.78, 5) is 1.66. The Morgan fingerprint density at radius 1 is 0.761 bits per heavy atom. The second kappa shape index (κ2) is 17.7. The maximum Gasteiger partial charge on any atom is 0.294 e. The third-order valence-corrected chi connectivity index (χ3v) is 13.0. The van der Waals surface area contributed by atoms with Crippen LogP contribution in [0.25, 0.3) is 10.2 Å². The topological polar surface area (TPSA) is 155 Å². The molecule has 0 saturated carbocycles. The summed E-state index contributed by atoms with van der Waals surface area (Å²) in [7, 11) is -9.49. The molecule has 0 saturated heterocycles. The number of hydrogen-bond donors (Lipinski definition) is 2. The lowest BCUT2D eigenvalue weighted by Crippen LogP contribution is -2.28. The molecule has 0 aliphatic rings. The summed E-state index contributed by atoms with van der Waals surface area (Å²) in [5, 5.41) is 3.98. The van der Waals surface area contributed by atoms with Crippen LogP contribution in [0.15, 0.2) is 62.3 Å². The first kappa shape index (κ1) is 38.2. The third kappa shape index (κ3) is 11.2. The number of benzene rings is 2. The maximum absolute atomic E-state index is 13.2. The molecule has 0 bridgehead atoms.